The third-order valence-electron chi connectivity index (χ3n) is 4.34. The van der Waals surface area contributed by atoms with E-state index in [9.17, 15) is 23.3 Å². The first-order chi connectivity index (χ1) is 12.2. The average Bonchev–Trinajstić information content (AvgIpc) is 2.78. The Hall–Kier alpha value is -2.79. The van der Waals surface area contributed by atoms with E-state index in [2.05, 4.69) is 5.10 Å². The number of hydrogen-bond donors (Lipinski definition) is 1. The Bertz CT molecular complexity index is 998. The number of primary amides is 1. The van der Waals surface area contributed by atoms with Crippen molar-refractivity contribution in [3.8, 4) is 0 Å². The molecular weight excluding hydrogens is 362 g/mol. The van der Waals surface area contributed by atoms with Crippen molar-refractivity contribution in [1.82, 2.24) is 14.1 Å². The molecule has 0 atom stereocenters. The fourth-order valence-electron chi connectivity index (χ4n) is 3.02. The second-order valence-corrected chi connectivity index (χ2v) is 7.83. The minimum atomic E-state index is -4.10. The van der Waals surface area contributed by atoms with Crippen LogP contribution in [-0.2, 0) is 23.1 Å². The third kappa shape index (κ3) is 2.95. The summed E-state index contributed by atoms with van der Waals surface area (Å²) in [7, 11) is -4.10. The van der Waals surface area contributed by atoms with Gasteiger partial charge in [0.15, 0.2) is 10.6 Å². The van der Waals surface area contributed by atoms with E-state index in [1.807, 2.05) is 0 Å². The molecular formula is C15H17N5O5S. The Morgan fingerprint density at radius 1 is 1.31 bits per heavy atom. The summed E-state index contributed by atoms with van der Waals surface area (Å²) >= 11 is 0. The molecule has 0 saturated carbocycles. The standard InChI is InChI=1S/C15H17N5O5S/c1-10-12-9-18(7-4-8-19(12)17-14(10)15(16)21)26(24,25)13-6-3-2-5-11(13)20(22)23/h2-3,5-6H,4,7-9H2,1H3,(H2,16,21). The van der Waals surface area contributed by atoms with Crippen LogP contribution in [0.5, 0.6) is 0 Å². The second kappa shape index (κ2) is 6.50. The SMILES string of the molecule is Cc1c(C(N)=O)nn2c1CN(S(=O)(=O)c1ccccc1[N+](=O)[O-])CCC2. The number of aryl methyl sites for hydroxylation is 1. The van der Waals surface area contributed by atoms with Crippen molar-refractivity contribution >= 4 is 21.6 Å². The molecule has 0 saturated heterocycles. The number of sulfonamides is 1. The molecule has 0 aliphatic carbocycles. The number of amides is 1. The van der Waals surface area contributed by atoms with E-state index in [4.69, 9.17) is 5.73 Å². The molecule has 10 nitrogen and oxygen atoms in total. The van der Waals surface area contributed by atoms with Crippen molar-refractivity contribution in [2.24, 2.45) is 5.73 Å². The number of aromatic nitrogens is 2. The Labute approximate surface area is 149 Å². The Morgan fingerprint density at radius 3 is 2.65 bits per heavy atom. The molecule has 1 aromatic carbocycles. The maximum absolute atomic E-state index is 13.0. The smallest absolute Gasteiger partial charge is 0.289 e. The molecule has 0 fully saturated rings. The summed E-state index contributed by atoms with van der Waals surface area (Å²) in [6.45, 7) is 2.22. The van der Waals surface area contributed by atoms with Crippen LogP contribution < -0.4 is 5.73 Å². The van der Waals surface area contributed by atoms with Gasteiger partial charge in [-0.1, -0.05) is 12.1 Å². The molecule has 0 spiro atoms. The number of nitro benzene ring substituents is 1. The molecule has 2 aromatic rings. The van der Waals surface area contributed by atoms with Crippen LogP contribution in [0.3, 0.4) is 0 Å². The molecule has 0 bridgehead atoms. The monoisotopic (exact) mass is 379 g/mol. The normalized spacial score (nSPS) is 15.3. The Balaban J connectivity index is 2.05. The quantitative estimate of drug-likeness (QED) is 0.615. The predicted molar refractivity (Wildman–Crippen MR) is 90.8 cm³/mol. The highest BCUT2D eigenvalue weighted by atomic mass is 32.2. The number of nitrogens with two attached hydrogens (primary N) is 1. The minimum absolute atomic E-state index is 0.0412. The summed E-state index contributed by atoms with van der Waals surface area (Å²) in [5, 5.41) is 15.4. The van der Waals surface area contributed by atoms with Gasteiger partial charge in [-0.15, -0.1) is 0 Å². The number of fused-ring (bicyclic) bond motifs is 1. The molecule has 2 N–H and O–H groups in total. The van der Waals surface area contributed by atoms with Crippen molar-refractivity contribution in [3.05, 3.63) is 51.3 Å². The molecule has 1 aliphatic heterocycles. The lowest BCUT2D eigenvalue weighted by molar-refractivity contribution is -0.387. The van der Waals surface area contributed by atoms with Gasteiger partial charge in [0, 0.05) is 24.7 Å². The van der Waals surface area contributed by atoms with E-state index in [0.717, 1.165) is 6.07 Å². The third-order valence-corrected chi connectivity index (χ3v) is 6.23. The highest BCUT2D eigenvalue weighted by Gasteiger charge is 2.34. The van der Waals surface area contributed by atoms with Gasteiger partial charge in [0.25, 0.3) is 11.6 Å². The van der Waals surface area contributed by atoms with Crippen molar-refractivity contribution in [1.29, 1.82) is 0 Å². The summed E-state index contributed by atoms with van der Waals surface area (Å²) < 4.78 is 28.8. The van der Waals surface area contributed by atoms with Gasteiger partial charge in [-0.2, -0.15) is 9.40 Å². The highest BCUT2D eigenvalue weighted by molar-refractivity contribution is 7.89. The zero-order valence-corrected chi connectivity index (χ0v) is 14.8. The Morgan fingerprint density at radius 2 is 2.00 bits per heavy atom. The average molecular weight is 379 g/mol. The number of rotatable bonds is 4. The van der Waals surface area contributed by atoms with Gasteiger partial charge in [-0.05, 0) is 19.4 Å². The van der Waals surface area contributed by atoms with Crippen molar-refractivity contribution < 1.29 is 18.1 Å². The number of para-hydroxylation sites is 1. The molecule has 3 rings (SSSR count). The van der Waals surface area contributed by atoms with E-state index in [0.29, 0.717) is 24.2 Å². The predicted octanol–water partition coefficient (Wildman–Crippen LogP) is 0.793. The fourth-order valence-corrected chi connectivity index (χ4v) is 4.62. The Kier molecular flexibility index (Phi) is 4.50. The van der Waals surface area contributed by atoms with Crippen molar-refractivity contribution in [2.75, 3.05) is 6.54 Å². The van der Waals surface area contributed by atoms with E-state index in [1.165, 1.54) is 22.5 Å². The number of nitro groups is 1. The van der Waals surface area contributed by atoms with Gasteiger partial charge in [0.05, 0.1) is 17.2 Å². The van der Waals surface area contributed by atoms with Crippen LogP contribution in [0.4, 0.5) is 5.69 Å². The van der Waals surface area contributed by atoms with E-state index >= 15 is 0 Å². The van der Waals surface area contributed by atoms with Gasteiger partial charge in [-0.3, -0.25) is 19.6 Å². The summed E-state index contributed by atoms with van der Waals surface area (Å²) in [4.78, 5) is 21.6. The van der Waals surface area contributed by atoms with Gasteiger partial charge in [-0.25, -0.2) is 8.42 Å². The van der Waals surface area contributed by atoms with Crippen LogP contribution in [0, 0.1) is 17.0 Å². The molecule has 1 amide bonds. The molecule has 1 aromatic heterocycles. The van der Waals surface area contributed by atoms with Gasteiger partial charge in [0.1, 0.15) is 0 Å². The first kappa shape index (κ1) is 18.0. The zero-order valence-electron chi connectivity index (χ0n) is 14.0. The number of carbonyl (C=O) groups is 1. The van der Waals surface area contributed by atoms with Crippen LogP contribution in [0.1, 0.15) is 28.2 Å². The summed E-state index contributed by atoms with van der Waals surface area (Å²) in [6, 6.07) is 5.24. The van der Waals surface area contributed by atoms with E-state index < -0.39 is 26.5 Å². The maximum Gasteiger partial charge on any atom is 0.289 e. The summed E-state index contributed by atoms with van der Waals surface area (Å²) in [5.74, 6) is -0.684. The van der Waals surface area contributed by atoms with Crippen LogP contribution in [-0.4, -0.2) is 39.9 Å². The van der Waals surface area contributed by atoms with Crippen molar-refractivity contribution in [2.45, 2.75) is 31.3 Å². The van der Waals surface area contributed by atoms with Crippen LogP contribution in [0.2, 0.25) is 0 Å². The number of nitrogens with zero attached hydrogens (tertiary/aromatic N) is 4. The molecule has 0 radical (unpaired) electrons. The van der Waals surface area contributed by atoms with Crippen molar-refractivity contribution in [3.63, 3.8) is 0 Å². The lowest BCUT2D eigenvalue weighted by atomic mass is 10.2. The van der Waals surface area contributed by atoms with Gasteiger partial charge in [0.2, 0.25) is 10.0 Å². The molecule has 0 unspecified atom stereocenters. The van der Waals surface area contributed by atoms with E-state index in [1.54, 1.807) is 11.6 Å². The fraction of sp³-hybridized carbons (Fsp3) is 0.333. The lowest BCUT2D eigenvalue weighted by Gasteiger charge is -2.20. The summed E-state index contributed by atoms with van der Waals surface area (Å²) in [5.41, 5.74) is 6.01. The van der Waals surface area contributed by atoms with Crippen LogP contribution >= 0.6 is 0 Å². The lowest BCUT2D eigenvalue weighted by Crippen LogP contribution is -2.31. The van der Waals surface area contributed by atoms with Gasteiger partial charge < -0.3 is 5.73 Å². The number of carbonyl (C=O) groups excluding carboxylic acids is 1. The first-order valence-electron chi connectivity index (χ1n) is 7.83. The van der Waals surface area contributed by atoms with Crippen LogP contribution in [0.15, 0.2) is 29.2 Å². The van der Waals surface area contributed by atoms with Crippen LogP contribution in [0.25, 0.3) is 0 Å². The molecule has 138 valence electrons. The number of hydrogen-bond acceptors (Lipinski definition) is 6. The first-order valence-corrected chi connectivity index (χ1v) is 9.27. The molecule has 11 heteroatoms. The zero-order chi connectivity index (χ0) is 19.1. The number of benzene rings is 1. The van der Waals surface area contributed by atoms with E-state index in [-0.39, 0.29) is 23.7 Å². The summed E-state index contributed by atoms with van der Waals surface area (Å²) in [6.07, 6.45) is 0.451. The minimum Gasteiger partial charge on any atom is -0.364 e. The topological polar surface area (TPSA) is 141 Å². The molecule has 2 heterocycles. The second-order valence-electron chi connectivity index (χ2n) is 5.92. The largest absolute Gasteiger partial charge is 0.364 e. The maximum atomic E-state index is 13.0. The molecule has 1 aliphatic rings. The highest BCUT2D eigenvalue weighted by Crippen LogP contribution is 2.29. The molecule has 26 heavy (non-hydrogen) atoms. The van der Waals surface area contributed by atoms with Gasteiger partial charge >= 0.3 is 0 Å².